The van der Waals surface area contributed by atoms with E-state index in [0.29, 0.717) is 12.1 Å². The fourth-order valence-corrected chi connectivity index (χ4v) is 2.77. The molecule has 1 aromatic rings. The molecule has 0 aromatic carbocycles. The highest BCUT2D eigenvalue weighted by molar-refractivity contribution is 7.09. The topological polar surface area (TPSA) is 60.2 Å². The lowest BCUT2D eigenvalue weighted by Gasteiger charge is -2.17. The van der Waals surface area contributed by atoms with Crippen molar-refractivity contribution in [1.29, 1.82) is 0 Å². The molecule has 1 aliphatic rings. The number of nitrogens with two attached hydrogens (primary N) is 1. The predicted molar refractivity (Wildman–Crippen MR) is 65.1 cm³/mol. The van der Waals surface area contributed by atoms with E-state index in [1.54, 1.807) is 11.3 Å². The van der Waals surface area contributed by atoms with E-state index in [0.717, 1.165) is 25.9 Å². The summed E-state index contributed by atoms with van der Waals surface area (Å²) in [7, 11) is 0. The predicted octanol–water partition coefficient (Wildman–Crippen LogP) is 1.48. The first-order valence-electron chi connectivity index (χ1n) is 5.83. The Morgan fingerprint density at radius 1 is 1.69 bits per heavy atom. The molecule has 90 valence electrons. The third-order valence-corrected chi connectivity index (χ3v) is 3.83. The van der Waals surface area contributed by atoms with Crippen LogP contribution in [0.5, 0.6) is 0 Å². The van der Waals surface area contributed by atoms with Crippen LogP contribution >= 0.6 is 11.3 Å². The molecule has 2 rings (SSSR count). The fourth-order valence-electron chi connectivity index (χ4n) is 2.09. The van der Waals surface area contributed by atoms with Gasteiger partial charge in [-0.3, -0.25) is 16.3 Å². The van der Waals surface area contributed by atoms with E-state index in [1.165, 1.54) is 17.7 Å². The molecule has 4 nitrogen and oxygen atoms in total. The van der Waals surface area contributed by atoms with E-state index in [2.05, 4.69) is 10.4 Å². The zero-order valence-corrected chi connectivity index (χ0v) is 10.2. The summed E-state index contributed by atoms with van der Waals surface area (Å²) >= 11 is 1.69. The SMILES string of the molecule is NNC(CCC1CCCO1)Cc1cncs1. The molecule has 0 aliphatic carbocycles. The number of hydrazine groups is 1. The molecule has 1 aromatic heterocycles. The standard InChI is InChI=1S/C11H19N3OS/c12-14-9(6-11-7-13-8-16-11)3-4-10-2-1-5-15-10/h7-10,14H,1-6,12H2. The van der Waals surface area contributed by atoms with Gasteiger partial charge in [-0.15, -0.1) is 11.3 Å². The minimum atomic E-state index is 0.338. The van der Waals surface area contributed by atoms with Crippen molar-refractivity contribution >= 4 is 11.3 Å². The van der Waals surface area contributed by atoms with Gasteiger partial charge in [0.15, 0.2) is 0 Å². The third kappa shape index (κ3) is 3.52. The van der Waals surface area contributed by atoms with Gasteiger partial charge < -0.3 is 4.74 Å². The van der Waals surface area contributed by atoms with Crippen LogP contribution in [0.25, 0.3) is 0 Å². The van der Waals surface area contributed by atoms with E-state index in [-0.39, 0.29) is 0 Å². The molecule has 2 unspecified atom stereocenters. The van der Waals surface area contributed by atoms with E-state index < -0.39 is 0 Å². The van der Waals surface area contributed by atoms with Crippen molar-refractivity contribution in [2.45, 2.75) is 44.2 Å². The highest BCUT2D eigenvalue weighted by atomic mass is 32.1. The molecular weight excluding hydrogens is 222 g/mol. The van der Waals surface area contributed by atoms with Gasteiger partial charge in [0.2, 0.25) is 0 Å². The number of thiazole rings is 1. The Morgan fingerprint density at radius 3 is 3.25 bits per heavy atom. The number of hydrogen-bond donors (Lipinski definition) is 2. The normalized spacial score (nSPS) is 22.4. The summed E-state index contributed by atoms with van der Waals surface area (Å²) in [4.78, 5) is 5.36. The molecular formula is C11H19N3OS. The number of rotatable bonds is 6. The number of nitrogens with zero attached hydrogens (tertiary/aromatic N) is 1. The van der Waals surface area contributed by atoms with Crippen LogP contribution in [0.1, 0.15) is 30.6 Å². The Labute approximate surface area is 100 Å². The van der Waals surface area contributed by atoms with Crippen molar-refractivity contribution < 1.29 is 4.74 Å². The van der Waals surface area contributed by atoms with Crippen molar-refractivity contribution in [3.8, 4) is 0 Å². The summed E-state index contributed by atoms with van der Waals surface area (Å²) in [5.74, 6) is 5.57. The lowest BCUT2D eigenvalue weighted by molar-refractivity contribution is 0.0996. The zero-order chi connectivity index (χ0) is 11.2. The quantitative estimate of drug-likeness (QED) is 0.585. The fraction of sp³-hybridized carbons (Fsp3) is 0.727. The molecule has 0 amide bonds. The number of aromatic nitrogens is 1. The molecule has 1 fully saturated rings. The second kappa shape index (κ2) is 6.30. The van der Waals surface area contributed by atoms with E-state index in [4.69, 9.17) is 10.6 Å². The van der Waals surface area contributed by atoms with E-state index in [9.17, 15) is 0 Å². The second-order valence-corrected chi connectivity index (χ2v) is 5.22. The van der Waals surface area contributed by atoms with Gasteiger partial charge in [-0.1, -0.05) is 0 Å². The highest BCUT2D eigenvalue weighted by Crippen LogP contribution is 2.19. The van der Waals surface area contributed by atoms with Gasteiger partial charge in [-0.05, 0) is 25.7 Å². The summed E-state index contributed by atoms with van der Waals surface area (Å²) < 4.78 is 5.60. The van der Waals surface area contributed by atoms with Gasteiger partial charge in [0.25, 0.3) is 0 Å². The van der Waals surface area contributed by atoms with Gasteiger partial charge in [-0.2, -0.15) is 0 Å². The maximum absolute atomic E-state index is 5.60. The van der Waals surface area contributed by atoms with Crippen molar-refractivity contribution in [2.24, 2.45) is 5.84 Å². The summed E-state index contributed by atoms with van der Waals surface area (Å²) in [6.07, 6.45) is 7.93. The lowest BCUT2D eigenvalue weighted by atomic mass is 10.0. The first-order valence-corrected chi connectivity index (χ1v) is 6.71. The molecule has 1 saturated heterocycles. The van der Waals surface area contributed by atoms with Crippen LogP contribution in [0.4, 0.5) is 0 Å². The van der Waals surface area contributed by atoms with Gasteiger partial charge in [0.05, 0.1) is 11.6 Å². The van der Waals surface area contributed by atoms with Gasteiger partial charge in [-0.25, -0.2) is 0 Å². The van der Waals surface area contributed by atoms with Gasteiger partial charge >= 0.3 is 0 Å². The third-order valence-electron chi connectivity index (χ3n) is 3.03. The summed E-state index contributed by atoms with van der Waals surface area (Å²) in [5.41, 5.74) is 4.75. The number of ether oxygens (including phenoxy) is 1. The molecule has 0 radical (unpaired) electrons. The Balaban J connectivity index is 1.72. The molecule has 2 atom stereocenters. The van der Waals surface area contributed by atoms with Crippen molar-refractivity contribution in [3.63, 3.8) is 0 Å². The van der Waals surface area contributed by atoms with Crippen molar-refractivity contribution in [2.75, 3.05) is 6.61 Å². The van der Waals surface area contributed by atoms with Crippen molar-refractivity contribution in [1.82, 2.24) is 10.4 Å². The molecule has 0 spiro atoms. The lowest BCUT2D eigenvalue weighted by Crippen LogP contribution is -2.37. The van der Waals surface area contributed by atoms with Gasteiger partial charge in [0, 0.05) is 30.1 Å². The molecule has 2 heterocycles. The van der Waals surface area contributed by atoms with Crippen LogP contribution in [0.2, 0.25) is 0 Å². The molecule has 3 N–H and O–H groups in total. The molecule has 16 heavy (non-hydrogen) atoms. The minimum Gasteiger partial charge on any atom is -0.378 e. The van der Waals surface area contributed by atoms with Gasteiger partial charge in [0.1, 0.15) is 0 Å². The van der Waals surface area contributed by atoms with Crippen LogP contribution in [0.15, 0.2) is 11.7 Å². The Morgan fingerprint density at radius 2 is 2.62 bits per heavy atom. The molecule has 5 heteroatoms. The molecule has 0 bridgehead atoms. The summed E-state index contributed by atoms with van der Waals surface area (Å²) in [6.45, 7) is 0.931. The Bertz CT molecular complexity index is 285. The Hall–Kier alpha value is -0.490. The molecule has 1 aliphatic heterocycles. The summed E-state index contributed by atoms with van der Waals surface area (Å²) in [5, 5.41) is 0. The molecule has 0 saturated carbocycles. The maximum Gasteiger partial charge on any atom is 0.0794 e. The van der Waals surface area contributed by atoms with Crippen LogP contribution in [0, 0.1) is 0 Å². The first-order chi connectivity index (χ1) is 7.88. The maximum atomic E-state index is 5.60. The minimum absolute atomic E-state index is 0.338. The zero-order valence-electron chi connectivity index (χ0n) is 9.39. The first kappa shape index (κ1) is 12.0. The van der Waals surface area contributed by atoms with Crippen LogP contribution in [-0.4, -0.2) is 23.7 Å². The number of nitrogens with one attached hydrogen (secondary N) is 1. The number of hydrogen-bond acceptors (Lipinski definition) is 5. The van der Waals surface area contributed by atoms with E-state index >= 15 is 0 Å². The smallest absolute Gasteiger partial charge is 0.0794 e. The average Bonchev–Trinajstić information content (AvgIpc) is 2.97. The Kier molecular flexibility index (Phi) is 4.71. The van der Waals surface area contributed by atoms with E-state index in [1.807, 2.05) is 11.7 Å². The average molecular weight is 241 g/mol. The van der Waals surface area contributed by atoms with Crippen LogP contribution in [-0.2, 0) is 11.2 Å². The van der Waals surface area contributed by atoms with Crippen LogP contribution in [0.3, 0.4) is 0 Å². The highest BCUT2D eigenvalue weighted by Gasteiger charge is 2.17. The van der Waals surface area contributed by atoms with Crippen LogP contribution < -0.4 is 11.3 Å². The van der Waals surface area contributed by atoms with Crippen molar-refractivity contribution in [3.05, 3.63) is 16.6 Å². The second-order valence-electron chi connectivity index (χ2n) is 4.25. The summed E-state index contributed by atoms with van der Waals surface area (Å²) in [6, 6.07) is 0.338. The largest absolute Gasteiger partial charge is 0.378 e. The monoisotopic (exact) mass is 241 g/mol.